The van der Waals surface area contributed by atoms with Crippen LogP contribution in [0.2, 0.25) is 10.0 Å². The first-order chi connectivity index (χ1) is 14.6. The highest BCUT2D eigenvalue weighted by atomic mass is 35.5. The number of nitriles is 1. The Balaban J connectivity index is 1.52. The lowest BCUT2D eigenvalue weighted by molar-refractivity contribution is 0.263. The van der Waals surface area contributed by atoms with Crippen molar-refractivity contribution in [2.75, 3.05) is 30.0 Å². The van der Waals surface area contributed by atoms with E-state index < -0.39 is 0 Å². The summed E-state index contributed by atoms with van der Waals surface area (Å²) in [5.41, 5.74) is 1.43. The molecule has 1 atom stereocenters. The lowest BCUT2D eigenvalue weighted by Crippen LogP contribution is -2.19. The van der Waals surface area contributed by atoms with Gasteiger partial charge in [-0.1, -0.05) is 23.2 Å². The first-order valence-corrected chi connectivity index (χ1v) is 9.91. The highest BCUT2D eigenvalue weighted by molar-refractivity contribution is 6.35. The monoisotopic (exact) mass is 441 g/mol. The molecule has 3 aromatic rings. The van der Waals surface area contributed by atoms with Crippen LogP contribution in [0.3, 0.4) is 0 Å². The second kappa shape index (κ2) is 9.18. The van der Waals surface area contributed by atoms with Crippen LogP contribution in [0.15, 0.2) is 54.9 Å². The molecule has 152 valence electrons. The summed E-state index contributed by atoms with van der Waals surface area (Å²) in [6.45, 7) is 1.37. The maximum absolute atomic E-state index is 9.29. The highest BCUT2D eigenvalue weighted by Crippen LogP contribution is 2.33. The highest BCUT2D eigenvalue weighted by Gasteiger charge is 2.23. The number of hydrogen-bond acceptors (Lipinski definition) is 7. The molecule has 9 heteroatoms. The van der Waals surface area contributed by atoms with Crippen molar-refractivity contribution in [1.29, 1.82) is 5.26 Å². The zero-order chi connectivity index (χ0) is 20.9. The van der Waals surface area contributed by atoms with Gasteiger partial charge in [0, 0.05) is 16.8 Å². The van der Waals surface area contributed by atoms with Crippen molar-refractivity contribution in [2.24, 2.45) is 0 Å². The van der Waals surface area contributed by atoms with E-state index in [9.17, 15) is 5.26 Å². The van der Waals surface area contributed by atoms with Gasteiger partial charge in [-0.25, -0.2) is 9.97 Å². The minimum absolute atomic E-state index is 0.0489. The summed E-state index contributed by atoms with van der Waals surface area (Å²) in [4.78, 5) is 10.2. The third-order valence-corrected chi connectivity index (χ3v) is 4.88. The Morgan fingerprint density at radius 1 is 1.17 bits per heavy atom. The topological polar surface area (TPSA) is 86.6 Å². The lowest BCUT2D eigenvalue weighted by atomic mass is 10.2. The normalized spacial score (nSPS) is 14.6. The van der Waals surface area contributed by atoms with Crippen LogP contribution in [-0.2, 0) is 4.74 Å². The largest absolute Gasteiger partial charge is 0.491 e. The van der Waals surface area contributed by atoms with Gasteiger partial charge in [0.15, 0.2) is 0 Å². The number of anilines is 4. The zero-order valence-electron chi connectivity index (χ0n) is 15.8. The third-order valence-electron chi connectivity index (χ3n) is 4.32. The van der Waals surface area contributed by atoms with Crippen LogP contribution in [0.25, 0.3) is 0 Å². The average molecular weight is 442 g/mol. The second-order valence-electron chi connectivity index (χ2n) is 6.52. The first-order valence-electron chi connectivity index (χ1n) is 9.15. The number of hydrogen-bond donors (Lipinski definition) is 1. The number of benzene rings is 2. The van der Waals surface area contributed by atoms with Gasteiger partial charge in [-0.15, -0.1) is 0 Å². The molecule has 1 aliphatic rings. The Kier molecular flexibility index (Phi) is 6.19. The summed E-state index contributed by atoms with van der Waals surface area (Å²) in [7, 11) is 0. The van der Waals surface area contributed by atoms with Gasteiger partial charge in [0.05, 0.1) is 23.4 Å². The lowest BCUT2D eigenvalue weighted by Gasteiger charge is -2.22. The van der Waals surface area contributed by atoms with E-state index in [0.29, 0.717) is 34.0 Å². The Hall–Kier alpha value is -3.05. The molecule has 1 N–H and O–H groups in total. The Bertz CT molecular complexity index is 1070. The number of rotatable bonds is 8. The van der Waals surface area contributed by atoms with Crippen molar-refractivity contribution in [3.8, 4) is 11.8 Å². The van der Waals surface area contributed by atoms with Crippen molar-refractivity contribution in [3.05, 3.63) is 64.9 Å². The minimum Gasteiger partial charge on any atom is -0.491 e. The number of nitrogens with zero attached hydrogens (tertiary/aromatic N) is 4. The first kappa shape index (κ1) is 20.2. The van der Waals surface area contributed by atoms with Gasteiger partial charge in [-0.2, -0.15) is 5.26 Å². The molecular formula is C21H17Cl2N5O2. The van der Waals surface area contributed by atoms with Crippen molar-refractivity contribution in [2.45, 2.75) is 6.10 Å². The van der Waals surface area contributed by atoms with Crippen molar-refractivity contribution in [1.82, 2.24) is 9.97 Å². The van der Waals surface area contributed by atoms with Gasteiger partial charge in [0.2, 0.25) is 0 Å². The molecular weight excluding hydrogens is 425 g/mol. The Morgan fingerprint density at radius 2 is 1.97 bits per heavy atom. The van der Waals surface area contributed by atoms with Crippen LogP contribution in [0.1, 0.15) is 0 Å². The standard InChI is InChI=1S/C21H17Cl2N5O2/c22-14-1-6-18(23)19(9-14)28(8-7-24)21-10-20(25-13-26-21)27-15-2-4-16(5-3-15)29-11-17-12-30-17/h1-6,9-10,13,17H,8,11-12H2,(H,25,26,27). The SMILES string of the molecule is N#CCN(c1cc(Nc2ccc(OCC3CO3)cc2)ncn1)c1cc(Cl)ccc1Cl. The van der Waals surface area contributed by atoms with E-state index in [0.717, 1.165) is 18.0 Å². The van der Waals surface area contributed by atoms with Crippen LogP contribution < -0.4 is 15.0 Å². The van der Waals surface area contributed by atoms with Crippen LogP contribution in [0.4, 0.5) is 23.0 Å². The maximum atomic E-state index is 9.29. The summed E-state index contributed by atoms with van der Waals surface area (Å²) in [5.74, 6) is 1.86. The van der Waals surface area contributed by atoms with Gasteiger partial charge in [-0.05, 0) is 42.5 Å². The van der Waals surface area contributed by atoms with E-state index in [1.165, 1.54) is 6.33 Å². The molecule has 7 nitrogen and oxygen atoms in total. The van der Waals surface area contributed by atoms with Gasteiger partial charge < -0.3 is 19.7 Å². The fraction of sp³-hybridized carbons (Fsp3) is 0.190. The molecule has 0 amide bonds. The van der Waals surface area contributed by atoms with E-state index in [2.05, 4.69) is 21.4 Å². The predicted molar refractivity (Wildman–Crippen MR) is 116 cm³/mol. The zero-order valence-corrected chi connectivity index (χ0v) is 17.3. The molecule has 2 heterocycles. The number of halogens is 2. The van der Waals surface area contributed by atoms with Crippen LogP contribution in [0.5, 0.6) is 5.75 Å². The van der Waals surface area contributed by atoms with Crippen molar-refractivity contribution < 1.29 is 9.47 Å². The molecule has 1 aromatic heterocycles. The smallest absolute Gasteiger partial charge is 0.139 e. The van der Waals surface area contributed by atoms with E-state index >= 15 is 0 Å². The number of aromatic nitrogens is 2. The summed E-state index contributed by atoms with van der Waals surface area (Å²) >= 11 is 12.4. The van der Waals surface area contributed by atoms with Crippen LogP contribution in [-0.4, -0.2) is 35.8 Å². The Labute approximate surface area is 183 Å². The minimum atomic E-state index is 0.0489. The number of nitrogens with one attached hydrogen (secondary N) is 1. The molecule has 0 spiro atoms. The van der Waals surface area contributed by atoms with E-state index in [4.69, 9.17) is 32.7 Å². The van der Waals surface area contributed by atoms with E-state index in [1.807, 2.05) is 24.3 Å². The third kappa shape index (κ3) is 5.10. The average Bonchev–Trinajstić information content (AvgIpc) is 3.58. The van der Waals surface area contributed by atoms with Gasteiger partial charge in [-0.3, -0.25) is 0 Å². The van der Waals surface area contributed by atoms with Gasteiger partial charge in [0.25, 0.3) is 0 Å². The quantitative estimate of drug-likeness (QED) is 0.390. The molecule has 1 unspecified atom stereocenters. The summed E-state index contributed by atoms with van der Waals surface area (Å²) in [6.07, 6.45) is 1.64. The predicted octanol–water partition coefficient (Wildman–Crippen LogP) is 4.97. The molecule has 0 radical (unpaired) electrons. The summed E-state index contributed by atoms with van der Waals surface area (Å²) < 4.78 is 10.8. The molecule has 4 rings (SSSR count). The maximum Gasteiger partial charge on any atom is 0.139 e. The van der Waals surface area contributed by atoms with E-state index in [-0.39, 0.29) is 12.6 Å². The molecule has 1 aliphatic heterocycles. The molecule has 30 heavy (non-hydrogen) atoms. The molecule has 0 aliphatic carbocycles. The fourth-order valence-corrected chi connectivity index (χ4v) is 3.14. The van der Waals surface area contributed by atoms with Crippen LogP contribution >= 0.6 is 23.2 Å². The second-order valence-corrected chi connectivity index (χ2v) is 7.36. The molecule has 2 aromatic carbocycles. The van der Waals surface area contributed by atoms with Crippen molar-refractivity contribution >= 4 is 46.2 Å². The van der Waals surface area contributed by atoms with Crippen LogP contribution in [0, 0.1) is 11.3 Å². The Morgan fingerprint density at radius 3 is 2.70 bits per heavy atom. The number of ether oxygens (including phenoxy) is 2. The fourth-order valence-electron chi connectivity index (χ4n) is 2.75. The molecule has 1 saturated heterocycles. The molecule has 0 bridgehead atoms. The van der Waals surface area contributed by atoms with Gasteiger partial charge >= 0.3 is 0 Å². The summed E-state index contributed by atoms with van der Waals surface area (Å²) in [6, 6.07) is 16.5. The molecule has 1 fully saturated rings. The van der Waals surface area contributed by atoms with Gasteiger partial charge in [0.1, 0.15) is 43.0 Å². The van der Waals surface area contributed by atoms with Crippen molar-refractivity contribution in [3.63, 3.8) is 0 Å². The van der Waals surface area contributed by atoms with E-state index in [1.54, 1.807) is 29.2 Å². The summed E-state index contributed by atoms with van der Waals surface area (Å²) in [5, 5.41) is 13.5. The molecule has 0 saturated carbocycles. The number of epoxide rings is 1.